The van der Waals surface area contributed by atoms with E-state index in [1.807, 2.05) is 7.05 Å². The van der Waals surface area contributed by atoms with Crippen LogP contribution in [0, 0.1) is 11.6 Å². The molecule has 2 aromatic carbocycles. The van der Waals surface area contributed by atoms with E-state index in [9.17, 15) is 23.2 Å². The van der Waals surface area contributed by atoms with Crippen molar-refractivity contribution in [1.82, 2.24) is 9.80 Å². The molecule has 2 fully saturated rings. The number of carboxylic acid groups (broad SMARTS) is 2. The Labute approximate surface area is 206 Å². The fraction of sp³-hybridized carbons (Fsp3) is 0.400. The minimum atomic E-state index is -1.19. The van der Waals surface area contributed by atoms with Crippen LogP contribution in [-0.2, 0) is 4.79 Å². The van der Waals surface area contributed by atoms with E-state index >= 15 is 0 Å². The molecule has 0 bridgehead atoms. The molecule has 9 nitrogen and oxygen atoms in total. The van der Waals surface area contributed by atoms with E-state index in [1.54, 1.807) is 4.90 Å². The number of nitrogens with zero attached hydrogens (tertiary/aromatic N) is 2. The lowest BCUT2D eigenvalue weighted by Crippen LogP contribution is -2.28. The predicted molar refractivity (Wildman–Crippen MR) is 125 cm³/mol. The maximum absolute atomic E-state index is 13.7. The van der Waals surface area contributed by atoms with E-state index in [0.29, 0.717) is 19.5 Å². The minimum Gasteiger partial charge on any atom is -0.486 e. The van der Waals surface area contributed by atoms with Gasteiger partial charge in [0.25, 0.3) is 0 Å². The maximum atomic E-state index is 13.7. The molecule has 0 saturated carbocycles. The Balaban J connectivity index is 0.000000202. The van der Waals surface area contributed by atoms with Crippen molar-refractivity contribution in [1.29, 1.82) is 0 Å². The fourth-order valence-corrected chi connectivity index (χ4v) is 3.92. The lowest BCUT2D eigenvalue weighted by molar-refractivity contribution is -0.128. The Morgan fingerprint density at radius 3 is 1.67 bits per heavy atom. The van der Waals surface area contributed by atoms with Gasteiger partial charge in [-0.25, -0.2) is 18.4 Å². The molecular weight excluding hydrogens is 478 g/mol. The quantitative estimate of drug-likeness (QED) is 0.614. The highest BCUT2D eigenvalue weighted by atomic mass is 19.1. The smallest absolute Gasteiger partial charge is 0.335 e. The summed E-state index contributed by atoms with van der Waals surface area (Å²) < 4.78 is 38.2. The average molecular weight is 507 g/mol. The molecule has 2 aliphatic heterocycles. The van der Waals surface area contributed by atoms with Gasteiger partial charge in [-0.05, 0) is 49.9 Å². The third-order valence-electron chi connectivity index (χ3n) is 5.88. The summed E-state index contributed by atoms with van der Waals surface area (Å²) in [5.74, 6) is -3.56. The Bertz CT molecular complexity index is 1130. The normalized spacial score (nSPS) is 19.4. The minimum absolute atomic E-state index is 0.0143. The van der Waals surface area contributed by atoms with Crippen molar-refractivity contribution in [2.45, 2.75) is 32.0 Å². The highest BCUT2D eigenvalue weighted by Crippen LogP contribution is 2.24. The predicted octanol–water partition coefficient (Wildman–Crippen LogP) is 3.13. The molecule has 0 spiro atoms. The van der Waals surface area contributed by atoms with Crippen molar-refractivity contribution in [3.63, 3.8) is 0 Å². The van der Waals surface area contributed by atoms with Gasteiger partial charge in [-0.15, -0.1) is 0 Å². The number of hydrogen-bond donors (Lipinski definition) is 2. The molecule has 11 heteroatoms. The number of aromatic carboxylic acids is 2. The van der Waals surface area contributed by atoms with E-state index in [-0.39, 0.29) is 40.7 Å². The molecule has 0 aliphatic carbocycles. The van der Waals surface area contributed by atoms with Gasteiger partial charge in [-0.2, -0.15) is 0 Å². The maximum Gasteiger partial charge on any atom is 0.335 e. The van der Waals surface area contributed by atoms with E-state index < -0.39 is 23.6 Å². The second-order valence-corrected chi connectivity index (χ2v) is 8.69. The Hall–Kier alpha value is -3.73. The third kappa shape index (κ3) is 7.14. The highest BCUT2D eigenvalue weighted by Gasteiger charge is 2.26. The van der Waals surface area contributed by atoms with Crippen LogP contribution >= 0.6 is 0 Å². The van der Waals surface area contributed by atoms with Crippen LogP contribution in [0.1, 0.15) is 40.5 Å². The molecule has 2 saturated heterocycles. The van der Waals surface area contributed by atoms with Crippen molar-refractivity contribution in [3.05, 3.63) is 59.2 Å². The molecular formula is C25H28F2N2O7. The largest absolute Gasteiger partial charge is 0.486 e. The number of benzene rings is 2. The average Bonchev–Trinajstić information content (AvgIpc) is 3.45. The third-order valence-corrected chi connectivity index (χ3v) is 5.88. The molecule has 2 heterocycles. The number of likely N-dealkylation sites (tertiary alicyclic amines) is 2. The molecule has 4 rings (SSSR count). The van der Waals surface area contributed by atoms with Gasteiger partial charge in [0, 0.05) is 33.0 Å². The lowest BCUT2D eigenvalue weighted by atomic mass is 10.2. The van der Waals surface area contributed by atoms with Gasteiger partial charge in [-0.1, -0.05) is 0 Å². The van der Waals surface area contributed by atoms with Gasteiger partial charge in [0.05, 0.1) is 17.7 Å². The first kappa shape index (κ1) is 26.9. The van der Waals surface area contributed by atoms with Gasteiger partial charge in [-0.3, -0.25) is 4.79 Å². The number of carboxylic acids is 2. The number of ether oxygens (including phenoxy) is 2. The lowest BCUT2D eigenvalue weighted by Gasteiger charge is -2.16. The monoisotopic (exact) mass is 506 g/mol. The molecule has 36 heavy (non-hydrogen) atoms. The van der Waals surface area contributed by atoms with Gasteiger partial charge in [0.2, 0.25) is 5.91 Å². The van der Waals surface area contributed by atoms with Crippen molar-refractivity contribution >= 4 is 17.8 Å². The summed E-state index contributed by atoms with van der Waals surface area (Å²) in [4.78, 5) is 36.2. The summed E-state index contributed by atoms with van der Waals surface area (Å²) in [7, 11) is 1.98. The van der Waals surface area contributed by atoms with Crippen LogP contribution in [0.4, 0.5) is 8.78 Å². The molecule has 2 atom stereocenters. The molecule has 2 aromatic rings. The van der Waals surface area contributed by atoms with Crippen molar-refractivity contribution in [3.8, 4) is 11.5 Å². The first-order valence-corrected chi connectivity index (χ1v) is 11.4. The van der Waals surface area contributed by atoms with E-state index in [4.69, 9.17) is 19.7 Å². The SMILES string of the molecule is CC(=O)N1CCC(Oc2ccc(C(=O)O)cc2F)C1.CN1CCC(Oc2ccc(C(=O)O)cc2F)C1. The van der Waals surface area contributed by atoms with Gasteiger partial charge in [0.1, 0.15) is 12.2 Å². The molecule has 2 unspecified atom stereocenters. The number of hydrogen-bond acceptors (Lipinski definition) is 6. The summed E-state index contributed by atoms with van der Waals surface area (Å²) in [6.45, 7) is 4.19. The summed E-state index contributed by atoms with van der Waals surface area (Å²) in [6.07, 6.45) is 1.22. The van der Waals surface area contributed by atoms with E-state index in [2.05, 4.69) is 4.90 Å². The Morgan fingerprint density at radius 2 is 1.31 bits per heavy atom. The number of likely N-dealkylation sites (N-methyl/N-ethyl adjacent to an activating group) is 1. The van der Waals surface area contributed by atoms with Crippen molar-refractivity contribution in [2.24, 2.45) is 0 Å². The fourth-order valence-electron chi connectivity index (χ4n) is 3.92. The van der Waals surface area contributed by atoms with Gasteiger partial charge < -0.3 is 29.5 Å². The second-order valence-electron chi connectivity index (χ2n) is 8.69. The standard InChI is InChI=1S/C13H14FNO4.C12H14FNO3/c1-8(16)15-5-4-10(7-15)19-12-3-2-9(13(17)18)6-11(12)14;1-14-5-4-9(7-14)17-11-3-2-8(12(15)16)6-10(11)13/h2-3,6,10H,4-5,7H2,1H3,(H,17,18);2-3,6,9H,4-5,7H2,1H3,(H,15,16). The van der Waals surface area contributed by atoms with Crippen molar-refractivity contribution < 1.29 is 42.9 Å². The van der Waals surface area contributed by atoms with Crippen LogP contribution < -0.4 is 9.47 Å². The number of rotatable bonds is 6. The first-order chi connectivity index (χ1) is 17.0. The molecule has 1 amide bonds. The Kier molecular flexibility index (Phi) is 8.81. The van der Waals surface area contributed by atoms with E-state index in [1.165, 1.54) is 31.2 Å². The van der Waals surface area contributed by atoms with Gasteiger partial charge >= 0.3 is 11.9 Å². The highest BCUT2D eigenvalue weighted by molar-refractivity contribution is 5.88. The first-order valence-electron chi connectivity index (χ1n) is 11.4. The van der Waals surface area contributed by atoms with Crippen LogP contribution in [0.5, 0.6) is 11.5 Å². The van der Waals surface area contributed by atoms with Crippen LogP contribution in [0.25, 0.3) is 0 Å². The summed E-state index contributed by atoms with van der Waals surface area (Å²) >= 11 is 0. The van der Waals surface area contributed by atoms with Crippen LogP contribution in [0.3, 0.4) is 0 Å². The number of carbonyl (C=O) groups excluding carboxylic acids is 1. The van der Waals surface area contributed by atoms with Crippen LogP contribution in [0.2, 0.25) is 0 Å². The Morgan fingerprint density at radius 1 is 0.833 bits per heavy atom. The summed E-state index contributed by atoms with van der Waals surface area (Å²) in [6, 6.07) is 7.22. The zero-order valence-corrected chi connectivity index (χ0v) is 19.9. The molecule has 2 N–H and O–H groups in total. The zero-order valence-electron chi connectivity index (χ0n) is 19.9. The van der Waals surface area contributed by atoms with Gasteiger partial charge in [0.15, 0.2) is 23.1 Å². The summed E-state index contributed by atoms with van der Waals surface area (Å²) in [5.41, 5.74) is -0.194. The number of amides is 1. The molecule has 0 radical (unpaired) electrons. The zero-order chi connectivity index (χ0) is 26.4. The topological polar surface area (TPSA) is 117 Å². The molecule has 2 aliphatic rings. The van der Waals surface area contributed by atoms with Crippen molar-refractivity contribution in [2.75, 3.05) is 33.2 Å². The summed E-state index contributed by atoms with van der Waals surface area (Å²) in [5, 5.41) is 17.4. The number of halogens is 2. The number of carbonyl (C=O) groups is 3. The van der Waals surface area contributed by atoms with E-state index in [0.717, 1.165) is 31.6 Å². The van der Waals surface area contributed by atoms with Crippen LogP contribution in [-0.4, -0.2) is 83.3 Å². The van der Waals surface area contributed by atoms with Crippen LogP contribution in [0.15, 0.2) is 36.4 Å². The molecule has 0 aromatic heterocycles. The molecule has 194 valence electrons. The second kappa shape index (κ2) is 11.8.